The van der Waals surface area contributed by atoms with Gasteiger partial charge in [0.2, 0.25) is 17.6 Å². The minimum absolute atomic E-state index is 0.102. The van der Waals surface area contributed by atoms with E-state index >= 15 is 0 Å². The molecule has 0 saturated heterocycles. The number of hydrogen-bond acceptors (Lipinski definition) is 9. The van der Waals surface area contributed by atoms with Gasteiger partial charge in [0.05, 0.1) is 16.6 Å². The first-order valence-corrected chi connectivity index (χ1v) is 10.3. The molecule has 0 aliphatic rings. The molecule has 0 unspecified atom stereocenters. The number of aromatic nitrogens is 5. The number of nitrogens with one attached hydrogen (secondary N) is 3. The van der Waals surface area contributed by atoms with Crippen molar-refractivity contribution < 1.29 is 13.8 Å². The number of carbonyl (C=O) groups is 1. The summed E-state index contributed by atoms with van der Waals surface area (Å²) in [5.74, 6) is 1.91. The molecule has 3 N–H and O–H groups in total. The Hall–Kier alpha value is -4.02. The van der Waals surface area contributed by atoms with E-state index in [-0.39, 0.29) is 17.9 Å². The molecule has 4 rings (SSSR count). The van der Waals surface area contributed by atoms with Crippen molar-refractivity contribution in [3.63, 3.8) is 0 Å². The maximum Gasteiger partial charge on any atom is 0.272 e. The monoisotopic (exact) mass is 437 g/mol. The molecule has 0 atom stereocenters. The number of fused-ring (bicyclic) bond motifs is 1. The fourth-order valence-corrected chi connectivity index (χ4v) is 3.34. The van der Waals surface area contributed by atoms with Gasteiger partial charge >= 0.3 is 0 Å². The van der Waals surface area contributed by atoms with E-state index in [1.807, 2.05) is 18.2 Å². The van der Waals surface area contributed by atoms with Crippen LogP contribution in [-0.2, 0) is 11.2 Å². The molecule has 1 amide bonds. The lowest BCUT2D eigenvalue weighted by Crippen LogP contribution is -2.26. The van der Waals surface area contributed by atoms with Crippen LogP contribution in [0, 0.1) is 13.8 Å². The molecular formula is C21H23N7O4. The van der Waals surface area contributed by atoms with E-state index in [1.165, 1.54) is 0 Å². The second kappa shape index (κ2) is 9.41. The Labute approximate surface area is 182 Å². The predicted molar refractivity (Wildman–Crippen MR) is 116 cm³/mol. The van der Waals surface area contributed by atoms with E-state index in [9.17, 15) is 9.59 Å². The van der Waals surface area contributed by atoms with Crippen LogP contribution >= 0.6 is 0 Å². The molecule has 0 aliphatic carbocycles. The number of aromatic amines is 1. The summed E-state index contributed by atoms with van der Waals surface area (Å²) in [4.78, 5) is 28.2. The lowest BCUT2D eigenvalue weighted by Gasteiger charge is -2.08. The second-order valence-corrected chi connectivity index (χ2v) is 7.29. The lowest BCUT2D eigenvalue weighted by atomic mass is 10.2. The van der Waals surface area contributed by atoms with Gasteiger partial charge in [0.25, 0.3) is 5.56 Å². The Bertz CT molecular complexity index is 1270. The first-order chi connectivity index (χ1) is 15.5. The molecule has 166 valence electrons. The summed E-state index contributed by atoms with van der Waals surface area (Å²) >= 11 is 0. The highest BCUT2D eigenvalue weighted by molar-refractivity contribution is 5.90. The zero-order valence-corrected chi connectivity index (χ0v) is 17.8. The fourth-order valence-electron chi connectivity index (χ4n) is 3.34. The zero-order chi connectivity index (χ0) is 22.5. The van der Waals surface area contributed by atoms with Crippen molar-refractivity contribution >= 4 is 22.5 Å². The summed E-state index contributed by atoms with van der Waals surface area (Å²) in [7, 11) is 0. The number of anilines is 1. The number of rotatable bonds is 9. The number of hydrogen-bond donors (Lipinski definition) is 3. The third-order valence-corrected chi connectivity index (χ3v) is 4.96. The van der Waals surface area contributed by atoms with Gasteiger partial charge in [-0.05, 0) is 26.3 Å². The fraction of sp³-hybridized carbons (Fsp3) is 0.333. The molecule has 0 saturated carbocycles. The smallest absolute Gasteiger partial charge is 0.272 e. The van der Waals surface area contributed by atoms with Crippen molar-refractivity contribution in [2.24, 2.45) is 0 Å². The maximum absolute atomic E-state index is 12.1. The topological polar surface area (TPSA) is 152 Å². The molecule has 3 aromatic heterocycles. The molecule has 0 fully saturated rings. The SMILES string of the molecule is Cc1noc(C)c1-c1noc(CCC(=O)NCCCNc2n[nH]c(=O)c3ccccc23)n1. The Balaban J connectivity index is 1.20. The summed E-state index contributed by atoms with van der Waals surface area (Å²) in [6, 6.07) is 7.26. The number of amides is 1. The summed E-state index contributed by atoms with van der Waals surface area (Å²) in [6.45, 7) is 4.68. The average Bonchev–Trinajstić information content (AvgIpc) is 3.39. The zero-order valence-electron chi connectivity index (χ0n) is 17.8. The van der Waals surface area contributed by atoms with Gasteiger partial charge in [0, 0.05) is 31.3 Å². The third kappa shape index (κ3) is 4.66. The minimum atomic E-state index is -0.224. The average molecular weight is 437 g/mol. The highest BCUT2D eigenvalue weighted by Crippen LogP contribution is 2.24. The molecule has 0 radical (unpaired) electrons. The Morgan fingerprint density at radius 3 is 2.69 bits per heavy atom. The molecule has 1 aromatic carbocycles. The molecule has 32 heavy (non-hydrogen) atoms. The number of benzene rings is 1. The van der Waals surface area contributed by atoms with E-state index in [1.54, 1.807) is 19.9 Å². The summed E-state index contributed by atoms with van der Waals surface area (Å²) in [5, 5.41) is 21.8. The molecule has 3 heterocycles. The molecule has 11 nitrogen and oxygen atoms in total. The highest BCUT2D eigenvalue weighted by atomic mass is 16.5. The van der Waals surface area contributed by atoms with Crippen LogP contribution in [0.4, 0.5) is 5.82 Å². The van der Waals surface area contributed by atoms with Crippen LogP contribution in [0.3, 0.4) is 0 Å². The van der Waals surface area contributed by atoms with Gasteiger partial charge in [-0.25, -0.2) is 5.10 Å². The van der Waals surface area contributed by atoms with Crippen LogP contribution < -0.4 is 16.2 Å². The normalized spacial score (nSPS) is 11.1. The molecule has 0 bridgehead atoms. The third-order valence-electron chi connectivity index (χ3n) is 4.96. The molecule has 4 aromatic rings. The number of aryl methyl sites for hydroxylation is 3. The lowest BCUT2D eigenvalue weighted by molar-refractivity contribution is -0.121. The quantitative estimate of drug-likeness (QED) is 0.334. The molecular weight excluding hydrogens is 414 g/mol. The van der Waals surface area contributed by atoms with Crippen molar-refractivity contribution in [3.8, 4) is 11.4 Å². The minimum Gasteiger partial charge on any atom is -0.368 e. The van der Waals surface area contributed by atoms with Crippen molar-refractivity contribution in [2.75, 3.05) is 18.4 Å². The second-order valence-electron chi connectivity index (χ2n) is 7.29. The van der Waals surface area contributed by atoms with E-state index in [0.29, 0.717) is 65.9 Å². The maximum atomic E-state index is 12.1. The van der Waals surface area contributed by atoms with Gasteiger partial charge in [-0.1, -0.05) is 28.5 Å². The molecule has 0 spiro atoms. The van der Waals surface area contributed by atoms with Gasteiger partial charge in [0.1, 0.15) is 5.76 Å². The molecule has 11 heteroatoms. The van der Waals surface area contributed by atoms with Crippen LogP contribution in [0.1, 0.15) is 30.2 Å². The van der Waals surface area contributed by atoms with Crippen LogP contribution in [0.5, 0.6) is 0 Å². The van der Waals surface area contributed by atoms with Crippen LogP contribution in [0.2, 0.25) is 0 Å². The van der Waals surface area contributed by atoms with E-state index in [2.05, 4.69) is 36.1 Å². The number of H-pyrrole nitrogens is 1. The van der Waals surface area contributed by atoms with Gasteiger partial charge in [-0.3, -0.25) is 9.59 Å². The van der Waals surface area contributed by atoms with Crippen LogP contribution in [0.15, 0.2) is 38.1 Å². The van der Waals surface area contributed by atoms with Gasteiger partial charge < -0.3 is 19.7 Å². The van der Waals surface area contributed by atoms with Crippen molar-refractivity contribution in [1.29, 1.82) is 0 Å². The summed E-state index contributed by atoms with van der Waals surface area (Å²) < 4.78 is 10.3. The Kier molecular flexibility index (Phi) is 6.24. The Morgan fingerprint density at radius 1 is 1.09 bits per heavy atom. The number of nitrogens with zero attached hydrogens (tertiary/aromatic N) is 4. The van der Waals surface area contributed by atoms with E-state index in [0.717, 1.165) is 5.39 Å². The highest BCUT2D eigenvalue weighted by Gasteiger charge is 2.18. The van der Waals surface area contributed by atoms with E-state index < -0.39 is 0 Å². The van der Waals surface area contributed by atoms with Crippen LogP contribution in [-0.4, -0.2) is 44.5 Å². The largest absolute Gasteiger partial charge is 0.368 e. The Morgan fingerprint density at radius 2 is 1.91 bits per heavy atom. The first-order valence-electron chi connectivity index (χ1n) is 10.3. The van der Waals surface area contributed by atoms with Crippen molar-refractivity contribution in [3.05, 3.63) is 52.0 Å². The van der Waals surface area contributed by atoms with Crippen molar-refractivity contribution in [1.82, 2.24) is 30.8 Å². The predicted octanol–water partition coefficient (Wildman–Crippen LogP) is 2.13. The van der Waals surface area contributed by atoms with Gasteiger partial charge in [0.15, 0.2) is 5.82 Å². The van der Waals surface area contributed by atoms with Gasteiger partial charge in [-0.15, -0.1) is 0 Å². The first kappa shape index (κ1) is 21.2. The standard InChI is InChI=1S/C21H23N7O4/c1-12-18(13(2)31-27-12)20-24-17(32-28-20)9-8-16(29)22-10-5-11-23-19-14-6-3-4-7-15(14)21(30)26-25-19/h3-4,6-7H,5,8-11H2,1-2H3,(H,22,29)(H,23,25)(H,26,30). The molecule has 0 aliphatic heterocycles. The van der Waals surface area contributed by atoms with E-state index in [4.69, 9.17) is 9.05 Å². The summed E-state index contributed by atoms with van der Waals surface area (Å²) in [5.41, 5.74) is 1.17. The van der Waals surface area contributed by atoms with Gasteiger partial charge in [-0.2, -0.15) is 10.1 Å². The summed E-state index contributed by atoms with van der Waals surface area (Å²) in [6.07, 6.45) is 1.27. The number of carbonyl (C=O) groups excluding carboxylic acids is 1. The van der Waals surface area contributed by atoms with Crippen LogP contribution in [0.25, 0.3) is 22.2 Å². The van der Waals surface area contributed by atoms with Crippen molar-refractivity contribution in [2.45, 2.75) is 33.1 Å².